The van der Waals surface area contributed by atoms with Crippen molar-refractivity contribution in [3.8, 4) is 5.19 Å². The van der Waals surface area contributed by atoms with Crippen molar-refractivity contribution in [2.24, 2.45) is 0 Å². The maximum absolute atomic E-state index is 5.09. The maximum atomic E-state index is 5.09. The molecular formula is C10H18N2OS. The summed E-state index contributed by atoms with van der Waals surface area (Å²) in [5.41, 5.74) is 1.23. The van der Waals surface area contributed by atoms with Crippen molar-refractivity contribution in [3.05, 3.63) is 10.6 Å². The van der Waals surface area contributed by atoms with Crippen molar-refractivity contribution in [2.75, 3.05) is 20.7 Å². The minimum Gasteiger partial charge on any atom is -0.473 e. The molecule has 1 aromatic heterocycles. The van der Waals surface area contributed by atoms with Gasteiger partial charge in [-0.2, -0.15) is 0 Å². The number of hydrogen-bond acceptors (Lipinski definition) is 4. The highest BCUT2D eigenvalue weighted by atomic mass is 32.1. The van der Waals surface area contributed by atoms with Crippen molar-refractivity contribution < 1.29 is 4.74 Å². The Bertz CT molecular complexity index is 286. The van der Waals surface area contributed by atoms with E-state index in [-0.39, 0.29) is 0 Å². The van der Waals surface area contributed by atoms with Crippen LogP contribution in [-0.2, 0) is 13.0 Å². The first-order chi connectivity index (χ1) is 6.79. The van der Waals surface area contributed by atoms with Gasteiger partial charge in [0, 0.05) is 24.4 Å². The molecule has 0 atom stereocenters. The molecule has 0 bridgehead atoms. The van der Waals surface area contributed by atoms with E-state index < -0.39 is 0 Å². The molecule has 2 rings (SSSR count). The topological polar surface area (TPSA) is 25.4 Å². The Hall–Kier alpha value is -0.610. The van der Waals surface area contributed by atoms with Gasteiger partial charge in [-0.3, -0.25) is 0 Å². The van der Waals surface area contributed by atoms with Gasteiger partial charge in [0.15, 0.2) is 0 Å². The van der Waals surface area contributed by atoms with Gasteiger partial charge in [0.05, 0.1) is 12.8 Å². The van der Waals surface area contributed by atoms with Crippen LogP contribution in [0.1, 0.15) is 24.4 Å². The molecule has 1 aliphatic rings. The first kappa shape index (κ1) is 11.5. The number of thiazole rings is 1. The van der Waals surface area contributed by atoms with Crippen molar-refractivity contribution >= 4 is 11.3 Å². The Labute approximate surface area is 89.7 Å². The van der Waals surface area contributed by atoms with E-state index >= 15 is 0 Å². The Kier molecular flexibility index (Phi) is 4.35. The molecule has 0 N–H and O–H groups in total. The van der Waals surface area contributed by atoms with E-state index in [9.17, 15) is 0 Å². The molecular weight excluding hydrogens is 196 g/mol. The zero-order valence-corrected chi connectivity index (χ0v) is 10.1. The molecule has 2 heterocycles. The van der Waals surface area contributed by atoms with Gasteiger partial charge in [-0.1, -0.05) is 25.2 Å². The van der Waals surface area contributed by atoms with E-state index in [1.807, 2.05) is 13.8 Å². The Balaban J connectivity index is 0.000000461. The second-order valence-corrected chi connectivity index (χ2v) is 4.09. The summed E-state index contributed by atoms with van der Waals surface area (Å²) in [4.78, 5) is 8.04. The van der Waals surface area contributed by atoms with Crippen LogP contribution in [0.25, 0.3) is 0 Å². The van der Waals surface area contributed by atoms with Crippen molar-refractivity contribution in [1.82, 2.24) is 9.88 Å². The maximum Gasteiger partial charge on any atom is 0.273 e. The van der Waals surface area contributed by atoms with Crippen LogP contribution in [0.5, 0.6) is 5.19 Å². The highest BCUT2D eigenvalue weighted by molar-refractivity contribution is 7.13. The molecule has 80 valence electrons. The van der Waals surface area contributed by atoms with Crippen LogP contribution in [0.3, 0.4) is 0 Å². The summed E-state index contributed by atoms with van der Waals surface area (Å²) in [7, 11) is 3.81. The molecule has 4 heteroatoms. The number of likely N-dealkylation sites (N-methyl/N-ethyl adjacent to an activating group) is 1. The van der Waals surface area contributed by atoms with Crippen LogP contribution in [-0.4, -0.2) is 30.6 Å². The van der Waals surface area contributed by atoms with Crippen LogP contribution in [0.15, 0.2) is 0 Å². The Morgan fingerprint density at radius 2 is 2.14 bits per heavy atom. The molecule has 1 aromatic rings. The standard InChI is InChI=1S/C8H12N2OS.C2H6/c1-10-4-3-6-7(5-10)12-8(9-6)11-2;1-2/h3-5H2,1-2H3;1-2H3. The summed E-state index contributed by atoms with van der Waals surface area (Å²) in [6, 6.07) is 0. The number of rotatable bonds is 1. The SMILES string of the molecule is CC.COc1nc2c(s1)CN(C)CC2. The van der Waals surface area contributed by atoms with Crippen LogP contribution < -0.4 is 4.74 Å². The zero-order chi connectivity index (χ0) is 10.6. The van der Waals surface area contributed by atoms with E-state index in [2.05, 4.69) is 16.9 Å². The van der Waals surface area contributed by atoms with Crippen molar-refractivity contribution in [2.45, 2.75) is 26.8 Å². The molecule has 0 saturated carbocycles. The van der Waals surface area contributed by atoms with E-state index in [0.29, 0.717) is 0 Å². The van der Waals surface area contributed by atoms with E-state index in [0.717, 1.165) is 24.7 Å². The van der Waals surface area contributed by atoms with Crippen LogP contribution in [0.4, 0.5) is 0 Å². The summed E-state index contributed by atoms with van der Waals surface area (Å²) in [6.45, 7) is 6.14. The molecule has 14 heavy (non-hydrogen) atoms. The van der Waals surface area contributed by atoms with Gasteiger partial charge in [0.25, 0.3) is 5.19 Å². The van der Waals surface area contributed by atoms with E-state index in [1.165, 1.54) is 10.6 Å². The lowest BCUT2D eigenvalue weighted by Crippen LogP contribution is -2.25. The van der Waals surface area contributed by atoms with Crippen molar-refractivity contribution in [3.63, 3.8) is 0 Å². The first-order valence-electron chi connectivity index (χ1n) is 5.00. The molecule has 0 amide bonds. The number of hydrogen-bond donors (Lipinski definition) is 0. The largest absolute Gasteiger partial charge is 0.473 e. The smallest absolute Gasteiger partial charge is 0.273 e. The summed E-state index contributed by atoms with van der Waals surface area (Å²) in [5.74, 6) is 0. The van der Waals surface area contributed by atoms with Crippen LogP contribution in [0.2, 0.25) is 0 Å². The highest BCUT2D eigenvalue weighted by Gasteiger charge is 2.18. The summed E-state index contributed by atoms with van der Waals surface area (Å²) >= 11 is 1.66. The fourth-order valence-electron chi connectivity index (χ4n) is 1.39. The minimum atomic E-state index is 0.801. The summed E-state index contributed by atoms with van der Waals surface area (Å²) in [6.07, 6.45) is 1.06. The summed E-state index contributed by atoms with van der Waals surface area (Å²) < 4.78 is 5.09. The second kappa shape index (κ2) is 5.32. The van der Waals surface area contributed by atoms with E-state index in [1.54, 1.807) is 18.4 Å². The molecule has 0 spiro atoms. The fourth-order valence-corrected chi connectivity index (χ4v) is 2.39. The van der Waals surface area contributed by atoms with E-state index in [4.69, 9.17) is 4.74 Å². The van der Waals surface area contributed by atoms with Gasteiger partial charge in [-0.25, -0.2) is 4.98 Å². The average molecular weight is 214 g/mol. The second-order valence-electron chi connectivity index (χ2n) is 3.04. The molecule has 0 saturated heterocycles. The lowest BCUT2D eigenvalue weighted by molar-refractivity contribution is 0.314. The monoisotopic (exact) mass is 214 g/mol. The zero-order valence-electron chi connectivity index (χ0n) is 9.33. The number of fused-ring (bicyclic) bond motifs is 1. The lowest BCUT2D eigenvalue weighted by Gasteiger charge is -2.20. The van der Waals surface area contributed by atoms with Gasteiger partial charge in [-0.05, 0) is 7.05 Å². The van der Waals surface area contributed by atoms with Gasteiger partial charge in [0.1, 0.15) is 0 Å². The third-order valence-electron chi connectivity index (χ3n) is 2.08. The number of methoxy groups -OCH3 is 1. The average Bonchev–Trinajstić information content (AvgIpc) is 2.62. The minimum absolute atomic E-state index is 0.801. The van der Waals surface area contributed by atoms with Crippen LogP contribution in [0, 0.1) is 0 Å². The Morgan fingerprint density at radius 1 is 1.43 bits per heavy atom. The molecule has 0 aromatic carbocycles. The normalized spacial score (nSPS) is 15.4. The molecule has 1 aliphatic heterocycles. The molecule has 0 fully saturated rings. The number of aromatic nitrogens is 1. The predicted octanol–water partition coefficient (Wildman–Crippen LogP) is 2.17. The van der Waals surface area contributed by atoms with Crippen molar-refractivity contribution in [1.29, 1.82) is 0 Å². The lowest BCUT2D eigenvalue weighted by atomic mass is 10.2. The molecule has 0 radical (unpaired) electrons. The number of ether oxygens (including phenoxy) is 1. The molecule has 3 nitrogen and oxygen atoms in total. The third kappa shape index (κ3) is 2.45. The highest BCUT2D eigenvalue weighted by Crippen LogP contribution is 2.28. The Morgan fingerprint density at radius 3 is 2.79 bits per heavy atom. The van der Waals surface area contributed by atoms with Crippen LogP contribution >= 0.6 is 11.3 Å². The summed E-state index contributed by atoms with van der Waals surface area (Å²) in [5, 5.41) is 0.801. The third-order valence-corrected chi connectivity index (χ3v) is 3.12. The van der Waals surface area contributed by atoms with Gasteiger partial charge >= 0.3 is 0 Å². The fraction of sp³-hybridized carbons (Fsp3) is 0.700. The quantitative estimate of drug-likeness (QED) is 0.716. The first-order valence-corrected chi connectivity index (χ1v) is 5.82. The number of nitrogens with zero attached hydrogens (tertiary/aromatic N) is 2. The van der Waals surface area contributed by atoms with Gasteiger partial charge in [-0.15, -0.1) is 0 Å². The van der Waals surface area contributed by atoms with Gasteiger partial charge in [0.2, 0.25) is 0 Å². The predicted molar refractivity (Wildman–Crippen MR) is 60.1 cm³/mol. The molecule has 0 aliphatic carbocycles. The molecule has 0 unspecified atom stereocenters. The van der Waals surface area contributed by atoms with Gasteiger partial charge < -0.3 is 9.64 Å².